The first-order valence-corrected chi connectivity index (χ1v) is 7.52. The fourth-order valence-corrected chi connectivity index (χ4v) is 3.42. The maximum Gasteiger partial charge on any atom is 0.127 e. The lowest BCUT2D eigenvalue weighted by molar-refractivity contribution is 1.09. The van der Waals surface area contributed by atoms with Gasteiger partial charge in [0.15, 0.2) is 0 Å². The maximum absolute atomic E-state index is 6.18. The van der Waals surface area contributed by atoms with Gasteiger partial charge < -0.3 is 5.73 Å². The van der Waals surface area contributed by atoms with Crippen LogP contribution in [0, 0.1) is 20.8 Å². The number of nitrogens with zero attached hydrogens (tertiary/aromatic N) is 2. The number of fused-ring (bicyclic) bond motifs is 3. The topological polar surface area (TPSA) is 35.4 Å². The summed E-state index contributed by atoms with van der Waals surface area (Å²) >= 11 is 0. The molecule has 2 N–H and O–H groups in total. The van der Waals surface area contributed by atoms with E-state index in [-0.39, 0.29) is 0 Å². The molecule has 0 aliphatic heterocycles. The molecule has 0 bridgehead atoms. The predicted molar refractivity (Wildman–Crippen MR) is 92.9 cm³/mol. The SMILES string of the molecule is Cc1cccc(C)c1-n1c2ccccc2n2cc(N)c(C)c12. The number of hydrogen-bond donors (Lipinski definition) is 1. The van der Waals surface area contributed by atoms with Crippen LogP contribution in [-0.4, -0.2) is 8.97 Å². The van der Waals surface area contributed by atoms with Gasteiger partial charge >= 0.3 is 0 Å². The summed E-state index contributed by atoms with van der Waals surface area (Å²) in [6, 6.07) is 14.9. The minimum absolute atomic E-state index is 0.834. The van der Waals surface area contributed by atoms with Gasteiger partial charge in [0.05, 0.1) is 22.4 Å². The number of aryl methyl sites for hydroxylation is 3. The smallest absolute Gasteiger partial charge is 0.127 e. The van der Waals surface area contributed by atoms with Crippen molar-refractivity contribution in [3.63, 3.8) is 0 Å². The van der Waals surface area contributed by atoms with Crippen molar-refractivity contribution in [3.05, 3.63) is 65.4 Å². The van der Waals surface area contributed by atoms with Crippen LogP contribution in [0.2, 0.25) is 0 Å². The first-order chi connectivity index (χ1) is 10.6. The van der Waals surface area contributed by atoms with Crippen molar-refractivity contribution in [2.24, 2.45) is 0 Å². The molecule has 0 aliphatic carbocycles. The first-order valence-electron chi connectivity index (χ1n) is 7.52. The van der Waals surface area contributed by atoms with Crippen molar-refractivity contribution in [1.29, 1.82) is 0 Å². The quantitative estimate of drug-likeness (QED) is 0.554. The van der Waals surface area contributed by atoms with E-state index in [1.807, 2.05) is 6.20 Å². The van der Waals surface area contributed by atoms with Gasteiger partial charge in [-0.1, -0.05) is 30.3 Å². The average molecular weight is 289 g/mol. The Balaban J connectivity index is 2.29. The molecule has 3 nitrogen and oxygen atoms in total. The highest BCUT2D eigenvalue weighted by atomic mass is 15.1. The number of anilines is 1. The van der Waals surface area contributed by atoms with Crippen LogP contribution in [0.4, 0.5) is 5.69 Å². The van der Waals surface area contributed by atoms with Crippen LogP contribution in [0.25, 0.3) is 22.4 Å². The molecule has 4 rings (SSSR count). The molecule has 3 heteroatoms. The number of hydrogen-bond acceptors (Lipinski definition) is 1. The highest BCUT2D eigenvalue weighted by Gasteiger charge is 2.18. The Kier molecular flexibility index (Phi) is 2.61. The fourth-order valence-electron chi connectivity index (χ4n) is 3.42. The van der Waals surface area contributed by atoms with Gasteiger partial charge in [0, 0.05) is 11.8 Å². The molecule has 110 valence electrons. The second kappa shape index (κ2) is 4.41. The van der Waals surface area contributed by atoms with Crippen LogP contribution in [0.1, 0.15) is 16.7 Å². The lowest BCUT2D eigenvalue weighted by Crippen LogP contribution is -2.01. The van der Waals surface area contributed by atoms with Crippen LogP contribution in [0.5, 0.6) is 0 Å². The van der Waals surface area contributed by atoms with E-state index in [0.717, 1.165) is 16.9 Å². The number of para-hydroxylation sites is 3. The number of imidazole rings is 1. The molecule has 0 amide bonds. The van der Waals surface area contributed by atoms with Crippen molar-refractivity contribution < 1.29 is 0 Å². The zero-order chi connectivity index (χ0) is 15.4. The predicted octanol–water partition coefficient (Wildman–Crippen LogP) is 4.39. The van der Waals surface area contributed by atoms with Crippen molar-refractivity contribution in [3.8, 4) is 5.69 Å². The van der Waals surface area contributed by atoms with Crippen molar-refractivity contribution in [2.75, 3.05) is 5.73 Å². The van der Waals surface area contributed by atoms with E-state index in [4.69, 9.17) is 5.73 Å². The number of rotatable bonds is 1. The van der Waals surface area contributed by atoms with E-state index in [2.05, 4.69) is 72.2 Å². The molecule has 2 heterocycles. The molecule has 22 heavy (non-hydrogen) atoms. The Morgan fingerprint density at radius 3 is 2.14 bits per heavy atom. The summed E-state index contributed by atoms with van der Waals surface area (Å²) in [5.74, 6) is 0. The van der Waals surface area contributed by atoms with Crippen molar-refractivity contribution in [1.82, 2.24) is 8.97 Å². The summed E-state index contributed by atoms with van der Waals surface area (Å²) in [5, 5.41) is 0. The van der Waals surface area contributed by atoms with Crippen molar-refractivity contribution >= 4 is 22.4 Å². The zero-order valence-electron chi connectivity index (χ0n) is 13.1. The highest BCUT2D eigenvalue weighted by molar-refractivity contribution is 5.88. The van der Waals surface area contributed by atoms with Crippen LogP contribution < -0.4 is 5.73 Å². The third kappa shape index (κ3) is 1.56. The Labute approximate surface area is 129 Å². The summed E-state index contributed by atoms with van der Waals surface area (Å²) in [6.45, 7) is 6.41. The van der Waals surface area contributed by atoms with Crippen LogP contribution in [0.15, 0.2) is 48.7 Å². The van der Waals surface area contributed by atoms with E-state index in [1.54, 1.807) is 0 Å². The lowest BCUT2D eigenvalue weighted by atomic mass is 10.1. The minimum Gasteiger partial charge on any atom is -0.397 e. The molecule has 0 radical (unpaired) electrons. The third-order valence-corrected chi connectivity index (χ3v) is 4.52. The molecular weight excluding hydrogens is 270 g/mol. The first kappa shape index (κ1) is 13.0. The average Bonchev–Trinajstić information content (AvgIpc) is 2.96. The summed E-state index contributed by atoms with van der Waals surface area (Å²) in [6.07, 6.45) is 2.02. The number of nitrogens with two attached hydrogens (primary N) is 1. The largest absolute Gasteiger partial charge is 0.397 e. The van der Waals surface area contributed by atoms with Gasteiger partial charge in [0.1, 0.15) is 5.65 Å². The van der Waals surface area contributed by atoms with E-state index in [0.29, 0.717) is 0 Å². The van der Waals surface area contributed by atoms with Crippen molar-refractivity contribution in [2.45, 2.75) is 20.8 Å². The van der Waals surface area contributed by atoms with E-state index < -0.39 is 0 Å². The number of benzene rings is 2. The molecule has 0 unspecified atom stereocenters. The Morgan fingerprint density at radius 1 is 0.818 bits per heavy atom. The number of aromatic nitrogens is 2. The van der Waals surface area contributed by atoms with Crippen LogP contribution in [-0.2, 0) is 0 Å². The zero-order valence-corrected chi connectivity index (χ0v) is 13.1. The molecule has 0 saturated heterocycles. The van der Waals surface area contributed by atoms with E-state index in [9.17, 15) is 0 Å². The highest BCUT2D eigenvalue weighted by Crippen LogP contribution is 2.33. The van der Waals surface area contributed by atoms with Gasteiger partial charge in [-0.2, -0.15) is 0 Å². The van der Waals surface area contributed by atoms with Gasteiger partial charge in [-0.15, -0.1) is 0 Å². The molecular formula is C19H19N3. The minimum atomic E-state index is 0.834. The molecule has 0 aliphatic rings. The van der Waals surface area contributed by atoms with Gasteiger partial charge in [-0.3, -0.25) is 8.97 Å². The molecule has 2 aromatic heterocycles. The van der Waals surface area contributed by atoms with Gasteiger partial charge in [0.2, 0.25) is 0 Å². The standard InChI is InChI=1S/C19H19N3/c1-12-7-6-8-13(2)18(12)22-17-10-5-4-9-16(17)21-11-15(20)14(3)19(21)22/h4-11H,20H2,1-3H3. The third-order valence-electron chi connectivity index (χ3n) is 4.52. The lowest BCUT2D eigenvalue weighted by Gasteiger charge is -2.13. The fraction of sp³-hybridized carbons (Fsp3) is 0.158. The van der Waals surface area contributed by atoms with E-state index >= 15 is 0 Å². The molecule has 0 fully saturated rings. The second-order valence-electron chi connectivity index (χ2n) is 5.97. The molecule has 0 saturated carbocycles. The van der Waals surface area contributed by atoms with Crippen LogP contribution >= 0.6 is 0 Å². The molecule has 0 atom stereocenters. The molecule has 0 spiro atoms. The van der Waals surface area contributed by atoms with E-state index in [1.165, 1.54) is 27.8 Å². The molecule has 4 aromatic rings. The summed E-state index contributed by atoms with van der Waals surface area (Å²) in [4.78, 5) is 0. The van der Waals surface area contributed by atoms with Gasteiger partial charge in [-0.25, -0.2) is 0 Å². The summed E-state index contributed by atoms with van der Waals surface area (Å²) < 4.78 is 4.54. The normalized spacial score (nSPS) is 11.6. The summed E-state index contributed by atoms with van der Waals surface area (Å²) in [7, 11) is 0. The maximum atomic E-state index is 6.18. The van der Waals surface area contributed by atoms with Crippen LogP contribution in [0.3, 0.4) is 0 Å². The Morgan fingerprint density at radius 2 is 1.45 bits per heavy atom. The Bertz CT molecular complexity index is 998. The monoisotopic (exact) mass is 289 g/mol. The number of nitrogen functional groups attached to an aromatic ring is 1. The molecule has 2 aromatic carbocycles. The Hall–Kier alpha value is -2.68. The van der Waals surface area contributed by atoms with Gasteiger partial charge in [-0.05, 0) is 44.0 Å². The summed E-state index contributed by atoms with van der Waals surface area (Å²) in [5.41, 5.74) is 15.4. The second-order valence-corrected chi connectivity index (χ2v) is 5.97. The van der Waals surface area contributed by atoms with Gasteiger partial charge in [0.25, 0.3) is 0 Å².